The number of nitrogens with one attached hydrogen (secondary N) is 1. The van der Waals surface area contributed by atoms with Gasteiger partial charge in [0.2, 0.25) is 0 Å². The third-order valence-corrected chi connectivity index (χ3v) is 5.84. The summed E-state index contributed by atoms with van der Waals surface area (Å²) in [7, 11) is -3.37. The smallest absolute Gasteiger partial charge is 0.322 e. The number of fused-ring (bicyclic) bond motifs is 1. The normalized spacial score (nSPS) is 13.5. The van der Waals surface area contributed by atoms with E-state index in [-0.39, 0.29) is 31.1 Å². The second-order valence-electron chi connectivity index (χ2n) is 6.84. The van der Waals surface area contributed by atoms with E-state index < -0.39 is 45.1 Å². The molecule has 2 heterocycles. The number of ether oxygens (including phenoxy) is 1. The van der Waals surface area contributed by atoms with Gasteiger partial charge in [0.1, 0.15) is 17.9 Å². The summed E-state index contributed by atoms with van der Waals surface area (Å²) < 4.78 is 29.9. The van der Waals surface area contributed by atoms with Gasteiger partial charge in [0, 0.05) is 18.2 Å². The molecule has 2 aromatic rings. The Morgan fingerprint density at radius 2 is 1.90 bits per heavy atom. The van der Waals surface area contributed by atoms with Gasteiger partial charge in [-0.1, -0.05) is 12.1 Å². The second-order valence-corrected chi connectivity index (χ2v) is 8.85. The molecule has 3 N–H and O–H groups in total. The largest absolute Gasteiger partial charge is 0.507 e. The van der Waals surface area contributed by atoms with Crippen molar-refractivity contribution in [3.05, 3.63) is 57.0 Å². The molecule has 160 valence electrons. The highest BCUT2D eigenvalue weighted by molar-refractivity contribution is 7.90. The predicted molar refractivity (Wildman–Crippen MR) is 104 cm³/mol. The molecule has 30 heavy (non-hydrogen) atoms. The van der Waals surface area contributed by atoms with Gasteiger partial charge < -0.3 is 24.8 Å². The van der Waals surface area contributed by atoms with Crippen molar-refractivity contribution in [1.29, 1.82) is 0 Å². The number of hydrogen-bond acceptors (Lipinski definition) is 7. The lowest BCUT2D eigenvalue weighted by atomic mass is 10.0. The fraction of sp³-hybridized carbons (Fsp3) is 0.316. The van der Waals surface area contributed by atoms with Crippen LogP contribution < -0.4 is 10.9 Å². The number of carbonyl (C=O) groups excluding carboxylic acids is 1. The molecule has 0 bridgehead atoms. The van der Waals surface area contributed by atoms with E-state index in [0.717, 1.165) is 6.26 Å². The number of hydrogen-bond donors (Lipinski definition) is 3. The number of benzene rings is 1. The quantitative estimate of drug-likeness (QED) is 0.567. The van der Waals surface area contributed by atoms with Crippen molar-refractivity contribution in [2.24, 2.45) is 0 Å². The van der Waals surface area contributed by atoms with E-state index in [2.05, 4.69) is 5.32 Å². The van der Waals surface area contributed by atoms with E-state index in [9.17, 15) is 27.9 Å². The minimum Gasteiger partial charge on any atom is -0.507 e. The van der Waals surface area contributed by atoms with Crippen LogP contribution in [0.2, 0.25) is 0 Å². The molecule has 0 radical (unpaired) electrons. The summed E-state index contributed by atoms with van der Waals surface area (Å²) in [6.45, 7) is -0.354. The van der Waals surface area contributed by atoms with Crippen molar-refractivity contribution in [3.63, 3.8) is 0 Å². The average Bonchev–Trinajstić information content (AvgIpc) is 2.69. The molecule has 0 spiro atoms. The van der Waals surface area contributed by atoms with Gasteiger partial charge in [-0.3, -0.25) is 14.4 Å². The number of amides is 1. The first kappa shape index (κ1) is 21.5. The molecule has 1 aliphatic heterocycles. The van der Waals surface area contributed by atoms with Crippen LogP contribution in [-0.4, -0.2) is 54.5 Å². The lowest BCUT2D eigenvalue weighted by molar-refractivity contribution is -0.135. The van der Waals surface area contributed by atoms with Crippen molar-refractivity contribution in [2.45, 2.75) is 24.5 Å². The molecule has 0 saturated heterocycles. The van der Waals surface area contributed by atoms with Crippen LogP contribution in [0.3, 0.4) is 0 Å². The Labute approximate surface area is 171 Å². The maximum atomic E-state index is 13.0. The number of nitrogens with zero attached hydrogens (tertiary/aromatic N) is 1. The van der Waals surface area contributed by atoms with E-state index in [1.165, 1.54) is 16.7 Å². The second kappa shape index (κ2) is 8.28. The van der Waals surface area contributed by atoms with Gasteiger partial charge in [-0.25, -0.2) is 8.42 Å². The Kier molecular flexibility index (Phi) is 5.94. The Bertz CT molecular complexity index is 1170. The number of rotatable bonds is 6. The first-order chi connectivity index (χ1) is 14.1. The van der Waals surface area contributed by atoms with E-state index in [1.54, 1.807) is 12.1 Å². The third kappa shape index (κ3) is 4.36. The van der Waals surface area contributed by atoms with E-state index in [1.807, 2.05) is 0 Å². The van der Waals surface area contributed by atoms with Crippen LogP contribution in [0.25, 0.3) is 0 Å². The minimum atomic E-state index is -3.37. The Morgan fingerprint density at radius 3 is 2.50 bits per heavy atom. The van der Waals surface area contributed by atoms with Gasteiger partial charge in [-0.15, -0.1) is 0 Å². The van der Waals surface area contributed by atoms with Gasteiger partial charge in [0.15, 0.2) is 9.84 Å². The van der Waals surface area contributed by atoms with E-state index in [0.29, 0.717) is 16.8 Å². The lowest BCUT2D eigenvalue weighted by Crippen LogP contribution is -2.38. The first-order valence-corrected chi connectivity index (χ1v) is 10.8. The summed E-state index contributed by atoms with van der Waals surface area (Å²) in [5.74, 6) is -2.76. The molecule has 0 aliphatic carbocycles. The molecule has 0 saturated carbocycles. The highest BCUT2D eigenvalue weighted by atomic mass is 32.2. The Morgan fingerprint density at radius 1 is 1.23 bits per heavy atom. The molecule has 3 rings (SSSR count). The Balaban J connectivity index is 2.07. The molecular weight excluding hydrogens is 416 g/mol. The zero-order valence-electron chi connectivity index (χ0n) is 16.0. The summed E-state index contributed by atoms with van der Waals surface area (Å²) in [5, 5.41) is 21.4. The summed E-state index contributed by atoms with van der Waals surface area (Å²) in [4.78, 5) is 36.3. The summed E-state index contributed by atoms with van der Waals surface area (Å²) >= 11 is 0. The van der Waals surface area contributed by atoms with Crippen LogP contribution in [0.1, 0.15) is 27.2 Å². The molecule has 0 fully saturated rings. The van der Waals surface area contributed by atoms with Crippen molar-refractivity contribution in [2.75, 3.05) is 19.4 Å². The van der Waals surface area contributed by atoms with Crippen molar-refractivity contribution < 1.29 is 33.0 Å². The number of aromatic nitrogens is 1. The first-order valence-electron chi connectivity index (χ1n) is 8.94. The zero-order valence-corrected chi connectivity index (χ0v) is 16.9. The van der Waals surface area contributed by atoms with Crippen LogP contribution in [0.15, 0.2) is 34.0 Å². The van der Waals surface area contributed by atoms with Crippen LogP contribution >= 0.6 is 0 Å². The van der Waals surface area contributed by atoms with Gasteiger partial charge in [0.05, 0.1) is 30.3 Å². The fourth-order valence-electron chi connectivity index (χ4n) is 3.22. The number of carboxylic acid groups (broad SMARTS) is 1. The highest BCUT2D eigenvalue weighted by Gasteiger charge is 2.27. The number of sulfone groups is 1. The molecule has 1 aliphatic rings. The van der Waals surface area contributed by atoms with Crippen molar-refractivity contribution >= 4 is 21.7 Å². The summed E-state index contributed by atoms with van der Waals surface area (Å²) in [6.07, 6.45) is 1.36. The third-order valence-electron chi connectivity index (χ3n) is 4.71. The van der Waals surface area contributed by atoms with E-state index in [4.69, 9.17) is 9.84 Å². The molecule has 0 unspecified atom stereocenters. The topological polar surface area (TPSA) is 152 Å². The molecule has 1 aromatic carbocycles. The van der Waals surface area contributed by atoms with Gasteiger partial charge in [-0.05, 0) is 17.7 Å². The van der Waals surface area contributed by atoms with Crippen molar-refractivity contribution in [1.82, 2.24) is 9.88 Å². The lowest BCUT2D eigenvalue weighted by Gasteiger charge is -2.24. The number of pyridine rings is 1. The van der Waals surface area contributed by atoms with Gasteiger partial charge in [-0.2, -0.15) is 0 Å². The monoisotopic (exact) mass is 436 g/mol. The minimum absolute atomic E-state index is 0.00800. The number of aliphatic carboxylic acids is 1. The van der Waals surface area contributed by atoms with E-state index >= 15 is 0 Å². The average molecular weight is 436 g/mol. The van der Waals surface area contributed by atoms with Gasteiger partial charge in [0.25, 0.3) is 11.5 Å². The maximum absolute atomic E-state index is 13.0. The molecular formula is C19H20N2O8S. The van der Waals surface area contributed by atoms with Crippen LogP contribution in [0.5, 0.6) is 5.75 Å². The summed E-state index contributed by atoms with van der Waals surface area (Å²) in [5.41, 5.74) is 0.0520. The Hall–Kier alpha value is -3.18. The molecule has 10 nitrogen and oxygen atoms in total. The van der Waals surface area contributed by atoms with Crippen LogP contribution in [0, 0.1) is 0 Å². The number of carbonyl (C=O) groups is 2. The van der Waals surface area contributed by atoms with Crippen molar-refractivity contribution in [3.8, 4) is 5.75 Å². The van der Waals surface area contributed by atoms with Crippen LogP contribution in [-0.2, 0) is 38.9 Å². The molecule has 0 atom stereocenters. The molecule has 1 amide bonds. The molecule has 1 aromatic heterocycles. The molecule has 11 heteroatoms. The highest BCUT2D eigenvalue weighted by Crippen LogP contribution is 2.28. The number of aromatic hydroxyl groups is 1. The predicted octanol–water partition coefficient (Wildman–Crippen LogP) is -0.107. The summed E-state index contributed by atoms with van der Waals surface area (Å²) in [6, 6.07) is 5.94. The standard InChI is InChI=1S/C19H20N2O8S/c1-30(27,28)12-4-2-11(3-5-12)9-21-14-10-29-7-6-13(14)17(24)16(19(21)26)18(25)20-8-15(22)23/h2-5,24H,6-10H2,1H3,(H,20,25)(H,22,23). The number of carboxylic acids is 1. The SMILES string of the molecule is CS(=O)(=O)c1ccc(Cn2c3c(c(O)c(C(=O)NCC(=O)O)c2=O)CCOC3)cc1. The van der Waals surface area contributed by atoms with Gasteiger partial charge >= 0.3 is 5.97 Å². The van der Waals surface area contributed by atoms with Crippen LogP contribution in [0.4, 0.5) is 0 Å². The maximum Gasteiger partial charge on any atom is 0.322 e. The zero-order chi connectivity index (χ0) is 22.1. The fourth-order valence-corrected chi connectivity index (χ4v) is 3.85.